The van der Waals surface area contributed by atoms with Crippen LogP contribution < -0.4 is 5.73 Å². The molecule has 0 spiro atoms. The lowest BCUT2D eigenvalue weighted by atomic mass is 10.1. The molecular formula is C11H18N4O. The van der Waals surface area contributed by atoms with E-state index in [-0.39, 0.29) is 18.0 Å². The number of likely N-dealkylation sites (N-methyl/N-ethyl adjacent to an activating group) is 1. The van der Waals surface area contributed by atoms with Gasteiger partial charge in [-0.05, 0) is 13.8 Å². The molecule has 1 aromatic heterocycles. The van der Waals surface area contributed by atoms with Crippen molar-refractivity contribution < 1.29 is 4.79 Å². The number of likely N-dealkylation sites (tertiary alicyclic amines) is 1. The highest BCUT2D eigenvalue weighted by molar-refractivity contribution is 5.80. The molecule has 0 saturated carbocycles. The van der Waals surface area contributed by atoms with E-state index in [1.807, 2.05) is 22.6 Å². The van der Waals surface area contributed by atoms with Gasteiger partial charge in [0.1, 0.15) is 11.9 Å². The van der Waals surface area contributed by atoms with Gasteiger partial charge in [-0.25, -0.2) is 4.98 Å². The van der Waals surface area contributed by atoms with Crippen molar-refractivity contribution in [3.8, 4) is 0 Å². The first-order valence-corrected chi connectivity index (χ1v) is 5.75. The molecule has 5 nitrogen and oxygen atoms in total. The van der Waals surface area contributed by atoms with Crippen molar-refractivity contribution >= 4 is 5.91 Å². The predicted molar refractivity (Wildman–Crippen MR) is 60.6 cm³/mol. The van der Waals surface area contributed by atoms with Gasteiger partial charge < -0.3 is 15.2 Å². The van der Waals surface area contributed by atoms with Crippen molar-refractivity contribution in [2.75, 3.05) is 6.54 Å². The Morgan fingerprint density at radius 2 is 2.25 bits per heavy atom. The summed E-state index contributed by atoms with van der Waals surface area (Å²) in [5.41, 5.74) is 6.03. The number of hydrogen-bond donors (Lipinski definition) is 1. The Labute approximate surface area is 95.2 Å². The zero-order valence-corrected chi connectivity index (χ0v) is 9.76. The summed E-state index contributed by atoms with van der Waals surface area (Å²) in [7, 11) is 0. The summed E-state index contributed by atoms with van der Waals surface area (Å²) >= 11 is 0. The summed E-state index contributed by atoms with van der Waals surface area (Å²) in [6.45, 7) is 5.57. The number of carbonyl (C=O) groups excluding carboxylic acids is 1. The molecule has 1 fully saturated rings. The van der Waals surface area contributed by atoms with E-state index in [9.17, 15) is 4.79 Å². The van der Waals surface area contributed by atoms with E-state index in [1.54, 1.807) is 6.20 Å². The summed E-state index contributed by atoms with van der Waals surface area (Å²) in [6, 6.07) is -0.201. The van der Waals surface area contributed by atoms with Crippen LogP contribution in [-0.2, 0) is 11.3 Å². The predicted octanol–water partition coefficient (Wildman–Crippen LogP) is 0.524. The molecule has 1 aliphatic heterocycles. The Bertz CT molecular complexity index is 387. The van der Waals surface area contributed by atoms with Crippen molar-refractivity contribution in [1.82, 2.24) is 14.5 Å². The van der Waals surface area contributed by atoms with Gasteiger partial charge in [0.2, 0.25) is 5.91 Å². The Hall–Kier alpha value is -1.36. The number of rotatable bonds is 3. The van der Waals surface area contributed by atoms with Crippen molar-refractivity contribution in [3.63, 3.8) is 0 Å². The lowest BCUT2D eigenvalue weighted by Gasteiger charge is -2.25. The molecule has 0 unspecified atom stereocenters. The Morgan fingerprint density at radius 1 is 1.50 bits per heavy atom. The van der Waals surface area contributed by atoms with E-state index >= 15 is 0 Å². The van der Waals surface area contributed by atoms with E-state index in [0.29, 0.717) is 13.0 Å². The molecule has 0 aromatic carbocycles. The summed E-state index contributed by atoms with van der Waals surface area (Å²) in [5.74, 6) is 1.04. The van der Waals surface area contributed by atoms with E-state index in [2.05, 4.69) is 11.9 Å². The van der Waals surface area contributed by atoms with Crippen LogP contribution in [0.5, 0.6) is 0 Å². The maximum Gasteiger partial charge on any atom is 0.224 e. The number of amides is 1. The van der Waals surface area contributed by atoms with Crippen molar-refractivity contribution in [2.45, 2.75) is 38.9 Å². The third kappa shape index (κ3) is 1.61. The molecular weight excluding hydrogens is 204 g/mol. The first kappa shape index (κ1) is 11.1. The van der Waals surface area contributed by atoms with Crippen LogP contribution in [0, 0.1) is 0 Å². The van der Waals surface area contributed by atoms with Gasteiger partial charge >= 0.3 is 0 Å². The second-order valence-corrected chi connectivity index (χ2v) is 4.06. The van der Waals surface area contributed by atoms with Crippen LogP contribution in [0.3, 0.4) is 0 Å². The van der Waals surface area contributed by atoms with Crippen LogP contribution in [0.4, 0.5) is 0 Å². The molecule has 5 heteroatoms. The maximum absolute atomic E-state index is 11.7. The minimum absolute atomic E-state index is 0.0625. The number of carbonyl (C=O) groups is 1. The zero-order chi connectivity index (χ0) is 11.7. The number of hydrogen-bond acceptors (Lipinski definition) is 3. The van der Waals surface area contributed by atoms with Gasteiger partial charge in [-0.3, -0.25) is 4.79 Å². The highest BCUT2D eigenvalue weighted by Crippen LogP contribution is 2.30. The number of aromatic nitrogens is 2. The van der Waals surface area contributed by atoms with E-state index in [1.165, 1.54) is 0 Å². The van der Waals surface area contributed by atoms with Crippen LogP contribution in [0.25, 0.3) is 0 Å². The molecule has 2 heterocycles. The molecule has 1 saturated heterocycles. The minimum Gasteiger partial charge on any atom is -0.333 e. The SMILES string of the molecule is CCN1C(=O)C[C@@H](N)[C@@H]1c1nccn1CC. The van der Waals surface area contributed by atoms with Crippen LogP contribution >= 0.6 is 0 Å². The monoisotopic (exact) mass is 222 g/mol. The molecule has 1 aromatic rings. The molecule has 2 N–H and O–H groups in total. The summed E-state index contributed by atoms with van der Waals surface area (Å²) < 4.78 is 2.05. The number of aryl methyl sites for hydroxylation is 1. The maximum atomic E-state index is 11.7. The normalized spacial score (nSPS) is 25.4. The second-order valence-electron chi connectivity index (χ2n) is 4.06. The van der Waals surface area contributed by atoms with Crippen LogP contribution in [0.15, 0.2) is 12.4 Å². The number of imidazole rings is 1. The zero-order valence-electron chi connectivity index (χ0n) is 9.76. The fourth-order valence-electron chi connectivity index (χ4n) is 2.38. The highest BCUT2D eigenvalue weighted by atomic mass is 16.2. The Balaban J connectivity index is 2.35. The third-order valence-electron chi connectivity index (χ3n) is 3.17. The number of nitrogens with zero attached hydrogens (tertiary/aromatic N) is 3. The molecule has 1 aliphatic rings. The quantitative estimate of drug-likeness (QED) is 0.811. The van der Waals surface area contributed by atoms with Crippen molar-refractivity contribution in [3.05, 3.63) is 18.2 Å². The van der Waals surface area contributed by atoms with E-state index in [0.717, 1.165) is 12.4 Å². The lowest BCUT2D eigenvalue weighted by Crippen LogP contribution is -2.34. The number of nitrogens with two attached hydrogens (primary N) is 1. The van der Waals surface area contributed by atoms with Gasteiger partial charge in [0.05, 0.1) is 0 Å². The van der Waals surface area contributed by atoms with Gasteiger partial charge in [-0.1, -0.05) is 0 Å². The van der Waals surface area contributed by atoms with Crippen LogP contribution in [-0.4, -0.2) is 32.9 Å². The van der Waals surface area contributed by atoms with Gasteiger partial charge in [0.15, 0.2) is 0 Å². The smallest absolute Gasteiger partial charge is 0.224 e. The van der Waals surface area contributed by atoms with Gasteiger partial charge in [-0.2, -0.15) is 0 Å². The molecule has 0 aliphatic carbocycles. The molecule has 0 bridgehead atoms. The third-order valence-corrected chi connectivity index (χ3v) is 3.17. The largest absolute Gasteiger partial charge is 0.333 e. The Morgan fingerprint density at radius 3 is 2.88 bits per heavy atom. The first-order valence-electron chi connectivity index (χ1n) is 5.75. The minimum atomic E-state index is -0.139. The molecule has 2 rings (SSSR count). The van der Waals surface area contributed by atoms with Crippen LogP contribution in [0.2, 0.25) is 0 Å². The molecule has 88 valence electrons. The summed E-state index contributed by atoms with van der Waals surface area (Å²) in [6.07, 6.45) is 4.12. The van der Waals surface area contributed by atoms with E-state index in [4.69, 9.17) is 5.73 Å². The molecule has 2 atom stereocenters. The van der Waals surface area contributed by atoms with Crippen LogP contribution in [0.1, 0.15) is 32.1 Å². The summed E-state index contributed by atoms with van der Waals surface area (Å²) in [4.78, 5) is 17.9. The second kappa shape index (κ2) is 4.25. The topological polar surface area (TPSA) is 64.2 Å². The van der Waals surface area contributed by atoms with E-state index < -0.39 is 0 Å². The molecule has 16 heavy (non-hydrogen) atoms. The first-order chi connectivity index (χ1) is 7.69. The lowest BCUT2D eigenvalue weighted by molar-refractivity contribution is -0.128. The molecule has 0 radical (unpaired) electrons. The highest BCUT2D eigenvalue weighted by Gasteiger charge is 2.39. The average Bonchev–Trinajstić information content (AvgIpc) is 2.81. The van der Waals surface area contributed by atoms with Gasteiger partial charge in [0.25, 0.3) is 0 Å². The standard InChI is InChI=1S/C11H18N4O/c1-3-14-6-5-13-11(14)10-8(12)7-9(16)15(10)4-2/h5-6,8,10H,3-4,7,12H2,1-2H3/t8-,10-/m1/s1. The average molecular weight is 222 g/mol. The van der Waals surface area contributed by atoms with Gasteiger partial charge in [0, 0.05) is 37.9 Å². The fraction of sp³-hybridized carbons (Fsp3) is 0.636. The summed E-state index contributed by atoms with van der Waals surface area (Å²) in [5, 5.41) is 0. The fourth-order valence-corrected chi connectivity index (χ4v) is 2.38. The van der Waals surface area contributed by atoms with Crippen molar-refractivity contribution in [2.24, 2.45) is 5.73 Å². The Kier molecular flexibility index (Phi) is 2.96. The van der Waals surface area contributed by atoms with Gasteiger partial charge in [-0.15, -0.1) is 0 Å². The molecule has 1 amide bonds. The van der Waals surface area contributed by atoms with Crippen molar-refractivity contribution in [1.29, 1.82) is 0 Å².